The molecular formula is C15H20IN. The fraction of sp³-hybridized carbons (Fsp3) is 0.600. The van der Waals surface area contributed by atoms with Gasteiger partial charge in [-0.05, 0) is 83.8 Å². The maximum absolute atomic E-state index is 3.65. The molecule has 2 fully saturated rings. The lowest BCUT2D eigenvalue weighted by Crippen LogP contribution is -2.26. The molecule has 2 heteroatoms. The summed E-state index contributed by atoms with van der Waals surface area (Å²) in [4.78, 5) is 0. The fourth-order valence-electron chi connectivity index (χ4n) is 3.63. The van der Waals surface area contributed by atoms with Crippen molar-refractivity contribution in [1.29, 1.82) is 0 Å². The fourth-order valence-corrected chi connectivity index (χ4v) is 3.99. The van der Waals surface area contributed by atoms with Gasteiger partial charge in [0.05, 0.1) is 0 Å². The molecule has 17 heavy (non-hydrogen) atoms. The molecule has 0 amide bonds. The average Bonchev–Trinajstić information content (AvgIpc) is 2.94. The summed E-state index contributed by atoms with van der Waals surface area (Å²) >= 11 is 2.36. The first-order valence-electron chi connectivity index (χ1n) is 6.76. The van der Waals surface area contributed by atoms with Crippen LogP contribution < -0.4 is 5.32 Å². The van der Waals surface area contributed by atoms with Gasteiger partial charge >= 0.3 is 0 Å². The highest BCUT2D eigenvalue weighted by atomic mass is 127. The molecule has 1 nitrogen and oxygen atoms in total. The smallest absolute Gasteiger partial charge is 0.0205 e. The van der Waals surface area contributed by atoms with E-state index in [1.54, 1.807) is 0 Å². The van der Waals surface area contributed by atoms with Crippen LogP contribution in [-0.2, 0) is 6.54 Å². The molecule has 1 N–H and O–H groups in total. The Hall–Kier alpha value is -0.0900. The Morgan fingerprint density at radius 3 is 2.59 bits per heavy atom. The summed E-state index contributed by atoms with van der Waals surface area (Å²) < 4.78 is 1.32. The molecule has 3 atom stereocenters. The largest absolute Gasteiger partial charge is 0.312 e. The molecule has 2 saturated carbocycles. The molecule has 92 valence electrons. The molecule has 0 spiro atoms. The van der Waals surface area contributed by atoms with Crippen LogP contribution in [0, 0.1) is 21.3 Å². The van der Waals surface area contributed by atoms with E-state index in [-0.39, 0.29) is 0 Å². The predicted molar refractivity (Wildman–Crippen MR) is 79.8 cm³/mol. The zero-order valence-electron chi connectivity index (χ0n) is 10.2. The van der Waals surface area contributed by atoms with Gasteiger partial charge in [0.1, 0.15) is 0 Å². The molecule has 1 aromatic carbocycles. The second-order valence-electron chi connectivity index (χ2n) is 5.69. The van der Waals surface area contributed by atoms with E-state index in [0.717, 1.165) is 24.3 Å². The summed E-state index contributed by atoms with van der Waals surface area (Å²) in [5, 5.41) is 3.65. The summed E-state index contributed by atoms with van der Waals surface area (Å²) in [6.45, 7) is 2.26. The van der Waals surface area contributed by atoms with Crippen LogP contribution in [0.15, 0.2) is 24.3 Å². The summed E-state index contributed by atoms with van der Waals surface area (Å²) in [5.41, 5.74) is 1.41. The highest BCUT2D eigenvalue weighted by molar-refractivity contribution is 14.1. The molecule has 2 bridgehead atoms. The molecule has 2 aliphatic rings. The molecule has 0 radical (unpaired) electrons. The second-order valence-corrected chi connectivity index (χ2v) is 6.94. The second kappa shape index (κ2) is 5.27. The van der Waals surface area contributed by atoms with E-state index in [0.29, 0.717) is 0 Å². The molecular weight excluding hydrogens is 321 g/mol. The van der Waals surface area contributed by atoms with Gasteiger partial charge in [-0.1, -0.05) is 18.6 Å². The lowest BCUT2D eigenvalue weighted by Gasteiger charge is -2.21. The van der Waals surface area contributed by atoms with Crippen molar-refractivity contribution in [3.05, 3.63) is 33.4 Å². The maximum atomic E-state index is 3.65. The monoisotopic (exact) mass is 341 g/mol. The first-order valence-corrected chi connectivity index (χ1v) is 7.84. The van der Waals surface area contributed by atoms with E-state index < -0.39 is 0 Å². The molecule has 0 heterocycles. The van der Waals surface area contributed by atoms with Crippen LogP contribution in [0.4, 0.5) is 0 Å². The molecule has 0 aliphatic heterocycles. The third-order valence-electron chi connectivity index (χ3n) is 4.53. The van der Waals surface area contributed by atoms with Gasteiger partial charge in [0.2, 0.25) is 0 Å². The Balaban J connectivity index is 1.45. The van der Waals surface area contributed by atoms with Crippen LogP contribution in [0.5, 0.6) is 0 Å². The Morgan fingerprint density at radius 2 is 1.94 bits per heavy atom. The molecule has 1 aromatic rings. The van der Waals surface area contributed by atoms with Crippen molar-refractivity contribution in [3.8, 4) is 0 Å². The van der Waals surface area contributed by atoms with Crippen molar-refractivity contribution < 1.29 is 0 Å². The van der Waals surface area contributed by atoms with Crippen molar-refractivity contribution in [2.24, 2.45) is 17.8 Å². The van der Waals surface area contributed by atoms with Gasteiger partial charge in [0, 0.05) is 10.1 Å². The van der Waals surface area contributed by atoms with Crippen LogP contribution in [-0.4, -0.2) is 6.54 Å². The van der Waals surface area contributed by atoms with Gasteiger partial charge in [-0.2, -0.15) is 0 Å². The molecule has 0 aromatic heterocycles. The number of halogens is 1. The van der Waals surface area contributed by atoms with Crippen molar-refractivity contribution in [2.45, 2.75) is 32.2 Å². The topological polar surface area (TPSA) is 12.0 Å². The molecule has 0 saturated heterocycles. The SMILES string of the molecule is Ic1ccc(CNCC2CC3CCC2C3)cc1. The minimum absolute atomic E-state index is 0.970. The normalized spacial score (nSPS) is 31.0. The third kappa shape index (κ3) is 2.84. The van der Waals surface area contributed by atoms with Crippen molar-refractivity contribution in [3.63, 3.8) is 0 Å². The van der Waals surface area contributed by atoms with Gasteiger partial charge < -0.3 is 5.32 Å². The number of nitrogens with one attached hydrogen (secondary N) is 1. The lowest BCUT2D eigenvalue weighted by atomic mass is 9.89. The van der Waals surface area contributed by atoms with Crippen molar-refractivity contribution in [1.82, 2.24) is 5.32 Å². The van der Waals surface area contributed by atoms with Gasteiger partial charge in [0.15, 0.2) is 0 Å². The van der Waals surface area contributed by atoms with E-state index in [9.17, 15) is 0 Å². The average molecular weight is 341 g/mol. The van der Waals surface area contributed by atoms with Gasteiger partial charge in [-0.3, -0.25) is 0 Å². The minimum Gasteiger partial charge on any atom is -0.312 e. The number of hydrogen-bond donors (Lipinski definition) is 1. The van der Waals surface area contributed by atoms with E-state index in [4.69, 9.17) is 0 Å². The van der Waals surface area contributed by atoms with E-state index in [2.05, 4.69) is 52.2 Å². The molecule has 3 unspecified atom stereocenters. The standard InChI is InChI=1S/C15H20IN/c16-15-5-2-11(3-6-15)9-17-10-14-8-12-1-4-13(14)7-12/h2-3,5-6,12-14,17H,1,4,7-10H2. The number of fused-ring (bicyclic) bond motifs is 2. The number of benzene rings is 1. The van der Waals surface area contributed by atoms with E-state index >= 15 is 0 Å². The summed E-state index contributed by atoms with van der Waals surface area (Å²) in [6, 6.07) is 8.84. The van der Waals surface area contributed by atoms with Crippen LogP contribution in [0.25, 0.3) is 0 Å². The van der Waals surface area contributed by atoms with Crippen LogP contribution in [0.2, 0.25) is 0 Å². The predicted octanol–water partition coefficient (Wildman–Crippen LogP) is 3.82. The minimum atomic E-state index is 0.970. The summed E-state index contributed by atoms with van der Waals surface area (Å²) in [7, 11) is 0. The highest BCUT2D eigenvalue weighted by Gasteiger charge is 2.38. The van der Waals surface area contributed by atoms with Gasteiger partial charge in [-0.15, -0.1) is 0 Å². The van der Waals surface area contributed by atoms with Crippen LogP contribution in [0.1, 0.15) is 31.2 Å². The first kappa shape index (κ1) is 12.0. The van der Waals surface area contributed by atoms with Gasteiger partial charge in [-0.25, -0.2) is 0 Å². The Kier molecular flexibility index (Phi) is 3.71. The highest BCUT2D eigenvalue weighted by Crippen LogP contribution is 2.47. The quantitative estimate of drug-likeness (QED) is 0.821. The van der Waals surface area contributed by atoms with Gasteiger partial charge in [0.25, 0.3) is 0 Å². The Bertz CT molecular complexity index is 373. The van der Waals surface area contributed by atoms with Crippen molar-refractivity contribution in [2.75, 3.05) is 6.54 Å². The number of rotatable bonds is 4. The van der Waals surface area contributed by atoms with E-state index in [1.165, 1.54) is 41.4 Å². The van der Waals surface area contributed by atoms with Crippen LogP contribution >= 0.6 is 22.6 Å². The number of hydrogen-bond acceptors (Lipinski definition) is 1. The van der Waals surface area contributed by atoms with Crippen molar-refractivity contribution >= 4 is 22.6 Å². The molecule has 3 rings (SSSR count). The Morgan fingerprint density at radius 1 is 1.12 bits per heavy atom. The summed E-state index contributed by atoms with van der Waals surface area (Å²) in [5.74, 6) is 3.09. The first-order chi connectivity index (χ1) is 8.31. The zero-order valence-corrected chi connectivity index (χ0v) is 12.3. The van der Waals surface area contributed by atoms with E-state index in [1.807, 2.05) is 0 Å². The Labute approximate surface area is 118 Å². The summed E-state index contributed by atoms with van der Waals surface area (Å²) in [6.07, 6.45) is 6.03. The van der Waals surface area contributed by atoms with Crippen LogP contribution in [0.3, 0.4) is 0 Å². The molecule has 2 aliphatic carbocycles. The lowest BCUT2D eigenvalue weighted by molar-refractivity contribution is 0.318. The zero-order chi connectivity index (χ0) is 11.7. The maximum Gasteiger partial charge on any atom is 0.0205 e. The third-order valence-corrected chi connectivity index (χ3v) is 5.25.